The molecule has 25 heavy (non-hydrogen) atoms. The summed E-state index contributed by atoms with van der Waals surface area (Å²) in [4.78, 5) is 2.00. The van der Waals surface area contributed by atoms with Gasteiger partial charge in [-0.2, -0.15) is 5.10 Å². The van der Waals surface area contributed by atoms with E-state index >= 15 is 0 Å². The van der Waals surface area contributed by atoms with Crippen LogP contribution in [0.1, 0.15) is 11.1 Å². The standard InChI is InChI=1S/C19H22FN3O2/c1-24-19-5-3-2-4-16(19)14-22-21-13-15-6-7-18(17(20)12-15)23-8-10-25-11-9-23/h2-7,12-13,22H,8-11,14H2,1H3/b21-13-. The minimum atomic E-state index is -0.240. The van der Waals surface area contributed by atoms with Crippen LogP contribution >= 0.6 is 0 Å². The molecular weight excluding hydrogens is 321 g/mol. The Morgan fingerprint density at radius 2 is 2.04 bits per heavy atom. The van der Waals surface area contributed by atoms with Gasteiger partial charge in [-0.25, -0.2) is 4.39 Å². The van der Waals surface area contributed by atoms with Gasteiger partial charge in [-0.3, -0.25) is 0 Å². The first-order valence-electron chi connectivity index (χ1n) is 8.28. The summed E-state index contributed by atoms with van der Waals surface area (Å²) in [6.45, 7) is 3.23. The summed E-state index contributed by atoms with van der Waals surface area (Å²) in [6, 6.07) is 12.9. The average molecular weight is 343 g/mol. The SMILES string of the molecule is COc1ccccc1CN/N=C\c1ccc(N2CCOCC2)c(F)c1. The molecule has 0 aromatic heterocycles. The molecule has 2 aromatic carbocycles. The Balaban J connectivity index is 1.59. The molecule has 1 saturated heterocycles. The second-order valence-electron chi connectivity index (χ2n) is 5.72. The van der Waals surface area contributed by atoms with Crippen LogP contribution in [0.4, 0.5) is 10.1 Å². The maximum atomic E-state index is 14.3. The molecule has 0 spiro atoms. The van der Waals surface area contributed by atoms with Crippen molar-refractivity contribution < 1.29 is 13.9 Å². The second-order valence-corrected chi connectivity index (χ2v) is 5.72. The maximum absolute atomic E-state index is 14.3. The van der Waals surface area contributed by atoms with E-state index in [9.17, 15) is 4.39 Å². The molecule has 1 heterocycles. The summed E-state index contributed by atoms with van der Waals surface area (Å²) >= 11 is 0. The summed E-state index contributed by atoms with van der Waals surface area (Å²) in [6.07, 6.45) is 1.61. The van der Waals surface area contributed by atoms with Crippen LogP contribution in [-0.2, 0) is 11.3 Å². The van der Waals surface area contributed by atoms with Crippen LogP contribution in [0.5, 0.6) is 5.75 Å². The van der Waals surface area contributed by atoms with Gasteiger partial charge in [0.2, 0.25) is 0 Å². The van der Waals surface area contributed by atoms with E-state index in [1.165, 1.54) is 6.07 Å². The first-order chi connectivity index (χ1) is 12.3. The van der Waals surface area contributed by atoms with Crippen LogP contribution in [0.3, 0.4) is 0 Å². The number of nitrogens with zero attached hydrogens (tertiary/aromatic N) is 2. The molecule has 6 heteroatoms. The highest BCUT2D eigenvalue weighted by atomic mass is 19.1. The predicted molar refractivity (Wildman–Crippen MR) is 96.9 cm³/mol. The second kappa shape index (κ2) is 8.48. The molecule has 0 radical (unpaired) electrons. The lowest BCUT2D eigenvalue weighted by Gasteiger charge is -2.29. The Labute approximate surface area is 147 Å². The van der Waals surface area contributed by atoms with Crippen LogP contribution in [0, 0.1) is 5.82 Å². The average Bonchev–Trinajstić information content (AvgIpc) is 2.66. The molecule has 5 nitrogen and oxygen atoms in total. The van der Waals surface area contributed by atoms with Crippen LogP contribution in [0.2, 0.25) is 0 Å². The summed E-state index contributed by atoms with van der Waals surface area (Å²) in [5.41, 5.74) is 5.30. The van der Waals surface area contributed by atoms with Gasteiger partial charge in [0.25, 0.3) is 0 Å². The van der Waals surface area contributed by atoms with Gasteiger partial charge in [0.15, 0.2) is 0 Å². The molecule has 0 saturated carbocycles. The van der Waals surface area contributed by atoms with Crippen molar-refractivity contribution in [3.05, 3.63) is 59.4 Å². The van der Waals surface area contributed by atoms with Gasteiger partial charge in [-0.05, 0) is 23.8 Å². The lowest BCUT2D eigenvalue weighted by atomic mass is 10.2. The minimum absolute atomic E-state index is 0.240. The highest BCUT2D eigenvalue weighted by Gasteiger charge is 2.14. The molecule has 1 aliphatic heterocycles. The number of ether oxygens (including phenoxy) is 2. The smallest absolute Gasteiger partial charge is 0.147 e. The Bertz CT molecular complexity index is 730. The molecule has 2 aromatic rings. The zero-order valence-corrected chi connectivity index (χ0v) is 14.2. The zero-order chi connectivity index (χ0) is 17.5. The fourth-order valence-corrected chi connectivity index (χ4v) is 2.76. The Kier molecular flexibility index (Phi) is 5.85. The number of hydrogen-bond donors (Lipinski definition) is 1. The number of rotatable bonds is 6. The highest BCUT2D eigenvalue weighted by molar-refractivity contribution is 5.80. The van der Waals surface area contributed by atoms with Gasteiger partial charge in [0.1, 0.15) is 11.6 Å². The maximum Gasteiger partial charge on any atom is 0.147 e. The minimum Gasteiger partial charge on any atom is -0.496 e. The number of nitrogens with one attached hydrogen (secondary N) is 1. The molecule has 3 rings (SSSR count). The van der Waals surface area contributed by atoms with Crippen molar-refractivity contribution in [3.63, 3.8) is 0 Å². The highest BCUT2D eigenvalue weighted by Crippen LogP contribution is 2.21. The van der Waals surface area contributed by atoms with E-state index in [1.54, 1.807) is 19.4 Å². The van der Waals surface area contributed by atoms with Gasteiger partial charge < -0.3 is 19.8 Å². The van der Waals surface area contributed by atoms with Crippen molar-refractivity contribution in [2.24, 2.45) is 5.10 Å². The number of benzene rings is 2. The molecule has 1 fully saturated rings. The van der Waals surface area contributed by atoms with Gasteiger partial charge in [0.05, 0.1) is 38.8 Å². The largest absolute Gasteiger partial charge is 0.496 e. The first-order valence-corrected chi connectivity index (χ1v) is 8.28. The topological polar surface area (TPSA) is 46.1 Å². The van der Waals surface area contributed by atoms with Crippen molar-refractivity contribution >= 4 is 11.9 Å². The number of hydrogen-bond acceptors (Lipinski definition) is 5. The fourth-order valence-electron chi connectivity index (χ4n) is 2.76. The van der Waals surface area contributed by atoms with Crippen molar-refractivity contribution in [2.75, 3.05) is 38.3 Å². The molecule has 0 amide bonds. The van der Waals surface area contributed by atoms with Crippen molar-refractivity contribution in [1.82, 2.24) is 5.43 Å². The van der Waals surface area contributed by atoms with E-state index in [2.05, 4.69) is 10.5 Å². The lowest BCUT2D eigenvalue weighted by Crippen LogP contribution is -2.36. The molecule has 0 bridgehead atoms. The van der Waals surface area contributed by atoms with Gasteiger partial charge >= 0.3 is 0 Å². The normalized spacial score (nSPS) is 14.7. The fraction of sp³-hybridized carbons (Fsp3) is 0.316. The number of hydrazone groups is 1. The molecule has 0 atom stereocenters. The van der Waals surface area contributed by atoms with E-state index in [0.29, 0.717) is 44.1 Å². The van der Waals surface area contributed by atoms with Crippen LogP contribution in [-0.4, -0.2) is 39.6 Å². The summed E-state index contributed by atoms with van der Waals surface area (Å²) in [7, 11) is 1.64. The molecule has 1 N–H and O–H groups in total. The van der Waals surface area contributed by atoms with E-state index < -0.39 is 0 Å². The molecule has 1 aliphatic rings. The quantitative estimate of drug-likeness (QED) is 0.647. The lowest BCUT2D eigenvalue weighted by molar-refractivity contribution is 0.122. The van der Waals surface area contributed by atoms with Crippen LogP contribution in [0.25, 0.3) is 0 Å². The molecule has 0 unspecified atom stereocenters. The van der Waals surface area contributed by atoms with E-state index in [0.717, 1.165) is 11.3 Å². The third-order valence-corrected chi connectivity index (χ3v) is 4.09. The Hall–Kier alpha value is -2.60. The molecule has 132 valence electrons. The first kappa shape index (κ1) is 17.2. The van der Waals surface area contributed by atoms with E-state index in [4.69, 9.17) is 9.47 Å². The summed E-state index contributed by atoms with van der Waals surface area (Å²) < 4.78 is 24.9. The number of methoxy groups -OCH3 is 1. The third kappa shape index (κ3) is 4.48. The number of morpholine rings is 1. The summed E-state index contributed by atoms with van der Waals surface area (Å²) in [5.74, 6) is 0.571. The van der Waals surface area contributed by atoms with Gasteiger partial charge in [0, 0.05) is 18.7 Å². The summed E-state index contributed by atoms with van der Waals surface area (Å²) in [5, 5.41) is 4.16. The van der Waals surface area contributed by atoms with Crippen molar-refractivity contribution in [3.8, 4) is 5.75 Å². The number of anilines is 1. The van der Waals surface area contributed by atoms with Crippen LogP contribution < -0.4 is 15.1 Å². The van der Waals surface area contributed by atoms with Crippen molar-refractivity contribution in [1.29, 1.82) is 0 Å². The number of para-hydroxylation sites is 1. The predicted octanol–water partition coefficient (Wildman–Crippen LogP) is 2.79. The monoisotopic (exact) mass is 343 g/mol. The van der Waals surface area contributed by atoms with Crippen molar-refractivity contribution in [2.45, 2.75) is 6.54 Å². The Morgan fingerprint density at radius 1 is 1.24 bits per heavy atom. The molecular formula is C19H22FN3O2. The third-order valence-electron chi connectivity index (χ3n) is 4.09. The van der Waals surface area contributed by atoms with E-state index in [1.807, 2.05) is 35.2 Å². The Morgan fingerprint density at radius 3 is 2.80 bits per heavy atom. The van der Waals surface area contributed by atoms with E-state index in [-0.39, 0.29) is 5.82 Å². The zero-order valence-electron chi connectivity index (χ0n) is 14.2. The van der Waals surface area contributed by atoms with Gasteiger partial charge in [-0.15, -0.1) is 0 Å². The molecule has 0 aliphatic carbocycles. The van der Waals surface area contributed by atoms with Crippen LogP contribution in [0.15, 0.2) is 47.6 Å². The number of halogens is 1. The van der Waals surface area contributed by atoms with Gasteiger partial charge in [-0.1, -0.05) is 24.3 Å².